The van der Waals surface area contributed by atoms with Crippen LogP contribution in [0, 0.1) is 0 Å². The molecule has 5 rings (SSSR count). The van der Waals surface area contributed by atoms with Crippen molar-refractivity contribution in [2.75, 3.05) is 12.0 Å². The number of rotatable bonds is 4. The van der Waals surface area contributed by atoms with E-state index in [4.69, 9.17) is 16.3 Å². The van der Waals surface area contributed by atoms with Crippen molar-refractivity contribution in [1.29, 1.82) is 0 Å². The smallest absolute Gasteiger partial charge is 0.277 e. The van der Waals surface area contributed by atoms with Crippen molar-refractivity contribution in [3.8, 4) is 17.0 Å². The summed E-state index contributed by atoms with van der Waals surface area (Å²) in [6, 6.07) is 24.5. The molecule has 4 aromatic rings. The molecule has 1 aliphatic heterocycles. The lowest BCUT2D eigenvalue weighted by molar-refractivity contribution is 0.0988. The van der Waals surface area contributed by atoms with E-state index in [-0.39, 0.29) is 5.91 Å². The van der Waals surface area contributed by atoms with Crippen molar-refractivity contribution >= 4 is 23.2 Å². The fourth-order valence-corrected chi connectivity index (χ4v) is 4.14. The lowest BCUT2D eigenvalue weighted by atomic mass is 9.95. The summed E-state index contributed by atoms with van der Waals surface area (Å²) in [5, 5.41) is 8.09. The van der Waals surface area contributed by atoms with Crippen molar-refractivity contribution in [3.05, 3.63) is 101 Å². The predicted molar refractivity (Wildman–Crippen MR) is 117 cm³/mol. The van der Waals surface area contributed by atoms with E-state index in [1.54, 1.807) is 24.1 Å². The molecule has 148 valence electrons. The van der Waals surface area contributed by atoms with Crippen LogP contribution < -0.4 is 9.64 Å². The second-order valence-electron chi connectivity index (χ2n) is 7.02. The second kappa shape index (κ2) is 7.35. The number of aromatic amines is 1. The molecule has 1 aromatic heterocycles. The molecule has 3 aromatic carbocycles. The van der Waals surface area contributed by atoms with Gasteiger partial charge in [0.25, 0.3) is 5.91 Å². The van der Waals surface area contributed by atoms with Gasteiger partial charge in [-0.15, -0.1) is 0 Å². The van der Waals surface area contributed by atoms with Crippen LogP contribution in [0.4, 0.5) is 5.69 Å². The van der Waals surface area contributed by atoms with E-state index < -0.39 is 6.04 Å². The van der Waals surface area contributed by atoms with Gasteiger partial charge < -0.3 is 4.74 Å². The number of fused-ring (bicyclic) bond motifs is 1. The molecule has 1 aliphatic rings. The highest BCUT2D eigenvalue weighted by atomic mass is 35.5. The quantitative estimate of drug-likeness (QED) is 0.479. The molecular weight excluding hydrogens is 398 g/mol. The van der Waals surface area contributed by atoms with Crippen LogP contribution in [-0.4, -0.2) is 23.2 Å². The Morgan fingerprint density at radius 2 is 1.67 bits per heavy atom. The Balaban J connectivity index is 1.76. The number of para-hydroxylation sites is 1. The van der Waals surface area contributed by atoms with Gasteiger partial charge >= 0.3 is 0 Å². The maximum atomic E-state index is 13.5. The van der Waals surface area contributed by atoms with Gasteiger partial charge in [-0.05, 0) is 30.3 Å². The lowest BCUT2D eigenvalue weighted by Crippen LogP contribution is -2.29. The maximum absolute atomic E-state index is 13.5. The molecule has 0 bridgehead atoms. The van der Waals surface area contributed by atoms with Crippen LogP contribution in [0.25, 0.3) is 11.3 Å². The zero-order valence-corrected chi connectivity index (χ0v) is 16.9. The summed E-state index contributed by atoms with van der Waals surface area (Å²) in [6.07, 6.45) is 0. The molecule has 0 radical (unpaired) electrons. The number of nitrogens with one attached hydrogen (secondary N) is 1. The third-order valence-corrected chi connectivity index (χ3v) is 5.61. The number of benzene rings is 3. The van der Waals surface area contributed by atoms with Crippen LogP contribution in [0.1, 0.15) is 27.7 Å². The van der Waals surface area contributed by atoms with Gasteiger partial charge in [0.15, 0.2) is 0 Å². The molecular formula is C24H18ClN3O2. The van der Waals surface area contributed by atoms with Crippen molar-refractivity contribution in [2.24, 2.45) is 0 Å². The summed E-state index contributed by atoms with van der Waals surface area (Å²) >= 11 is 6.09. The summed E-state index contributed by atoms with van der Waals surface area (Å²) in [7, 11) is 1.64. The number of halogens is 1. The molecule has 0 spiro atoms. The highest BCUT2D eigenvalue weighted by Crippen LogP contribution is 2.47. The second-order valence-corrected chi connectivity index (χ2v) is 7.46. The van der Waals surface area contributed by atoms with Gasteiger partial charge in [-0.3, -0.25) is 14.8 Å². The predicted octanol–water partition coefficient (Wildman–Crippen LogP) is 5.49. The van der Waals surface area contributed by atoms with E-state index in [1.165, 1.54) is 0 Å². The standard InChI is InChI=1S/C24H18ClN3O2/c1-30-19-10-6-5-9-18(19)23-20-21(15-7-3-2-4-8-15)26-27-22(20)24(29)28(23)17-13-11-16(25)12-14-17/h2-14,23H,1H3,(H,26,27)/t23-/m0/s1. The van der Waals surface area contributed by atoms with E-state index in [2.05, 4.69) is 10.2 Å². The van der Waals surface area contributed by atoms with Crippen LogP contribution in [0.2, 0.25) is 5.02 Å². The molecule has 2 heterocycles. The molecule has 0 aliphatic carbocycles. The zero-order chi connectivity index (χ0) is 20.7. The van der Waals surface area contributed by atoms with Crippen molar-refractivity contribution < 1.29 is 9.53 Å². The maximum Gasteiger partial charge on any atom is 0.277 e. The minimum Gasteiger partial charge on any atom is -0.496 e. The summed E-state index contributed by atoms with van der Waals surface area (Å²) < 4.78 is 5.64. The Hall–Kier alpha value is -3.57. The van der Waals surface area contributed by atoms with Gasteiger partial charge in [0.05, 0.1) is 18.8 Å². The topological polar surface area (TPSA) is 58.2 Å². The van der Waals surface area contributed by atoms with Gasteiger partial charge in [0.2, 0.25) is 0 Å². The van der Waals surface area contributed by atoms with E-state index in [0.29, 0.717) is 16.5 Å². The van der Waals surface area contributed by atoms with Crippen molar-refractivity contribution in [3.63, 3.8) is 0 Å². The Bertz CT molecular complexity index is 1220. The third-order valence-electron chi connectivity index (χ3n) is 5.35. The molecule has 1 atom stereocenters. The van der Waals surface area contributed by atoms with Crippen LogP contribution in [0.15, 0.2) is 78.9 Å². The zero-order valence-electron chi connectivity index (χ0n) is 16.2. The SMILES string of the molecule is COc1ccccc1[C@H]1c2c(-c3ccccc3)n[nH]c2C(=O)N1c1ccc(Cl)cc1. The first-order chi connectivity index (χ1) is 14.7. The molecule has 0 saturated carbocycles. The third kappa shape index (κ3) is 2.86. The van der Waals surface area contributed by atoms with Gasteiger partial charge in [0, 0.05) is 27.4 Å². The van der Waals surface area contributed by atoms with Crippen LogP contribution >= 0.6 is 11.6 Å². The van der Waals surface area contributed by atoms with Gasteiger partial charge in [-0.1, -0.05) is 60.1 Å². The molecule has 0 unspecified atom stereocenters. The Labute approximate surface area is 178 Å². The average Bonchev–Trinajstić information content (AvgIpc) is 3.34. The van der Waals surface area contributed by atoms with E-state index in [1.807, 2.05) is 66.7 Å². The number of aromatic nitrogens is 2. The van der Waals surface area contributed by atoms with Gasteiger partial charge in [-0.25, -0.2) is 0 Å². The number of H-pyrrole nitrogens is 1. The molecule has 0 fully saturated rings. The Morgan fingerprint density at radius 3 is 2.40 bits per heavy atom. The normalized spacial score (nSPS) is 15.3. The molecule has 1 N–H and O–H groups in total. The van der Waals surface area contributed by atoms with Crippen LogP contribution in [-0.2, 0) is 0 Å². The molecule has 30 heavy (non-hydrogen) atoms. The summed E-state index contributed by atoms with van der Waals surface area (Å²) in [5.74, 6) is 0.570. The number of carbonyl (C=O) groups is 1. The molecule has 1 amide bonds. The number of carbonyl (C=O) groups excluding carboxylic acids is 1. The molecule has 0 saturated heterocycles. The molecule has 6 heteroatoms. The minimum atomic E-state index is -0.390. The number of hydrogen-bond donors (Lipinski definition) is 1. The van der Waals surface area contributed by atoms with E-state index in [0.717, 1.165) is 28.1 Å². The molecule has 5 nitrogen and oxygen atoms in total. The highest BCUT2D eigenvalue weighted by molar-refractivity contribution is 6.30. The first-order valence-corrected chi connectivity index (χ1v) is 9.92. The number of nitrogens with zero attached hydrogens (tertiary/aromatic N) is 2. The number of hydrogen-bond acceptors (Lipinski definition) is 3. The first-order valence-electron chi connectivity index (χ1n) is 9.54. The number of amides is 1. The van der Waals surface area contributed by atoms with E-state index >= 15 is 0 Å². The fourth-order valence-electron chi connectivity index (χ4n) is 4.02. The Morgan fingerprint density at radius 1 is 0.967 bits per heavy atom. The minimum absolute atomic E-state index is 0.141. The van der Waals surface area contributed by atoms with Crippen molar-refractivity contribution in [1.82, 2.24) is 10.2 Å². The van der Waals surface area contributed by atoms with Crippen LogP contribution in [0.5, 0.6) is 5.75 Å². The fraction of sp³-hybridized carbons (Fsp3) is 0.0833. The van der Waals surface area contributed by atoms with Gasteiger partial charge in [-0.2, -0.15) is 5.10 Å². The first kappa shape index (κ1) is 18.5. The van der Waals surface area contributed by atoms with Crippen molar-refractivity contribution in [2.45, 2.75) is 6.04 Å². The average molecular weight is 416 g/mol. The van der Waals surface area contributed by atoms with Crippen LogP contribution in [0.3, 0.4) is 0 Å². The number of ether oxygens (including phenoxy) is 1. The lowest BCUT2D eigenvalue weighted by Gasteiger charge is -2.27. The van der Waals surface area contributed by atoms with E-state index in [9.17, 15) is 4.79 Å². The Kier molecular flexibility index (Phi) is 4.52. The number of anilines is 1. The summed E-state index contributed by atoms with van der Waals surface area (Å²) in [4.78, 5) is 15.3. The largest absolute Gasteiger partial charge is 0.496 e. The summed E-state index contributed by atoms with van der Waals surface area (Å²) in [5.41, 5.74) is 4.67. The summed E-state index contributed by atoms with van der Waals surface area (Å²) in [6.45, 7) is 0. The number of methoxy groups -OCH3 is 1. The van der Waals surface area contributed by atoms with Gasteiger partial charge in [0.1, 0.15) is 11.4 Å². The highest BCUT2D eigenvalue weighted by Gasteiger charge is 2.44. The monoisotopic (exact) mass is 415 g/mol.